The highest BCUT2D eigenvalue weighted by Gasteiger charge is 2.33. The summed E-state index contributed by atoms with van der Waals surface area (Å²) in [5.74, 6) is -1.40. The summed E-state index contributed by atoms with van der Waals surface area (Å²) in [6.45, 7) is 2.62. The second kappa shape index (κ2) is 11.8. The lowest BCUT2D eigenvalue weighted by atomic mass is 9.81. The van der Waals surface area contributed by atoms with Crippen LogP contribution in [0.3, 0.4) is 0 Å². The van der Waals surface area contributed by atoms with Gasteiger partial charge in [0.05, 0.1) is 5.56 Å². The number of amides is 1. The molecule has 1 saturated heterocycles. The lowest BCUT2D eigenvalue weighted by molar-refractivity contribution is -0.144. The minimum absolute atomic E-state index is 0.172. The monoisotopic (exact) mass is 473 g/mol. The lowest BCUT2D eigenvalue weighted by Gasteiger charge is -2.35. The number of hydrogen-bond acceptors (Lipinski definition) is 6. The molecule has 1 aliphatic rings. The summed E-state index contributed by atoms with van der Waals surface area (Å²) >= 11 is 0. The van der Waals surface area contributed by atoms with E-state index in [0.29, 0.717) is 52.0 Å². The van der Waals surface area contributed by atoms with Crippen LogP contribution in [0.25, 0.3) is 0 Å². The number of hydrogen-bond donors (Lipinski definition) is 4. The van der Waals surface area contributed by atoms with Crippen molar-refractivity contribution in [3.63, 3.8) is 0 Å². The van der Waals surface area contributed by atoms with E-state index in [-0.39, 0.29) is 30.6 Å². The van der Waals surface area contributed by atoms with Gasteiger partial charge in [-0.3, -0.25) is 14.5 Å². The summed E-state index contributed by atoms with van der Waals surface area (Å²) in [5.41, 5.74) is 4.11. The first kappa shape index (κ1) is 27.1. The van der Waals surface area contributed by atoms with Crippen molar-refractivity contribution in [3.05, 3.63) is 35.4 Å². The number of carbonyl (C=O) groups is 2. The number of nitrogens with zero attached hydrogens (tertiary/aromatic N) is 2. The Morgan fingerprint density at radius 1 is 0.970 bits per heavy atom. The number of piperazine rings is 1. The smallest absolute Gasteiger partial charge is 0.451 e. The zero-order valence-electron chi connectivity index (χ0n) is 18.4. The Morgan fingerprint density at radius 3 is 2.06 bits per heavy atom. The predicted molar refractivity (Wildman–Crippen MR) is 116 cm³/mol. The fourth-order valence-electron chi connectivity index (χ4n) is 3.88. The molecular formula is C21H31BF3N3O5. The number of aliphatic carboxylic acids is 1. The van der Waals surface area contributed by atoms with Gasteiger partial charge >= 0.3 is 19.3 Å². The average molecular weight is 473 g/mol. The maximum atomic E-state index is 12.7. The number of nitrogens with two attached hydrogens (primary N) is 1. The van der Waals surface area contributed by atoms with Crippen LogP contribution in [0.4, 0.5) is 13.2 Å². The third kappa shape index (κ3) is 8.29. The van der Waals surface area contributed by atoms with Gasteiger partial charge in [-0.1, -0.05) is 12.8 Å². The topological polar surface area (TPSA) is 127 Å². The minimum Gasteiger partial charge on any atom is -0.480 e. The number of unbranched alkanes of at least 4 members (excludes halogenated alkanes) is 1. The Bertz CT molecular complexity index is 786. The largest absolute Gasteiger partial charge is 0.480 e. The lowest BCUT2D eigenvalue weighted by Crippen LogP contribution is -2.50. The molecular weight excluding hydrogens is 442 g/mol. The van der Waals surface area contributed by atoms with Crippen molar-refractivity contribution in [1.82, 2.24) is 9.80 Å². The quantitative estimate of drug-likeness (QED) is 0.285. The van der Waals surface area contributed by atoms with Crippen molar-refractivity contribution in [2.45, 2.75) is 50.1 Å². The van der Waals surface area contributed by atoms with Gasteiger partial charge in [-0.05, 0) is 56.4 Å². The van der Waals surface area contributed by atoms with Crippen LogP contribution in [0.1, 0.15) is 48.0 Å². The van der Waals surface area contributed by atoms with Gasteiger partial charge in [-0.15, -0.1) is 0 Å². The molecule has 1 heterocycles. The maximum Gasteiger partial charge on any atom is 0.451 e. The number of carbonyl (C=O) groups excluding carboxylic acids is 1. The Labute approximate surface area is 191 Å². The van der Waals surface area contributed by atoms with Crippen molar-refractivity contribution in [2.75, 3.05) is 32.7 Å². The van der Waals surface area contributed by atoms with E-state index in [1.807, 2.05) is 0 Å². The van der Waals surface area contributed by atoms with Gasteiger partial charge in [0, 0.05) is 31.7 Å². The van der Waals surface area contributed by atoms with Crippen LogP contribution < -0.4 is 5.73 Å². The summed E-state index contributed by atoms with van der Waals surface area (Å²) in [7, 11) is -1.41. The first-order valence-corrected chi connectivity index (χ1v) is 11.0. The van der Waals surface area contributed by atoms with Crippen LogP contribution >= 0.6 is 0 Å². The second-order valence-corrected chi connectivity index (χ2v) is 8.50. The van der Waals surface area contributed by atoms with E-state index < -0.39 is 30.4 Å². The molecule has 0 saturated carbocycles. The fourth-order valence-corrected chi connectivity index (χ4v) is 3.88. The number of alkyl halides is 3. The minimum atomic E-state index is -4.45. The van der Waals surface area contributed by atoms with Gasteiger partial charge in [-0.2, -0.15) is 13.2 Å². The Kier molecular flexibility index (Phi) is 9.71. The molecule has 1 unspecified atom stereocenters. The third-order valence-corrected chi connectivity index (χ3v) is 5.98. The number of halogens is 3. The molecule has 33 heavy (non-hydrogen) atoms. The van der Waals surface area contributed by atoms with Gasteiger partial charge in [0.1, 0.15) is 5.54 Å². The molecule has 2 rings (SSSR count). The highest BCUT2D eigenvalue weighted by molar-refractivity contribution is 6.40. The molecule has 1 amide bonds. The van der Waals surface area contributed by atoms with E-state index in [4.69, 9.17) is 15.8 Å². The van der Waals surface area contributed by atoms with Crippen molar-refractivity contribution in [1.29, 1.82) is 0 Å². The Morgan fingerprint density at radius 2 is 1.55 bits per heavy atom. The van der Waals surface area contributed by atoms with E-state index in [0.717, 1.165) is 12.1 Å². The number of carboxylic acid groups (broad SMARTS) is 1. The summed E-state index contributed by atoms with van der Waals surface area (Å²) in [6, 6.07) is 4.17. The van der Waals surface area contributed by atoms with Gasteiger partial charge in [0.25, 0.3) is 5.91 Å². The second-order valence-electron chi connectivity index (χ2n) is 8.50. The van der Waals surface area contributed by atoms with Crippen molar-refractivity contribution in [2.24, 2.45) is 5.73 Å². The molecule has 0 radical (unpaired) electrons. The molecule has 1 aromatic carbocycles. The normalized spacial score (nSPS) is 17.0. The van der Waals surface area contributed by atoms with Crippen molar-refractivity contribution >= 4 is 19.0 Å². The Balaban J connectivity index is 1.76. The van der Waals surface area contributed by atoms with Crippen molar-refractivity contribution < 1.29 is 37.9 Å². The highest BCUT2D eigenvalue weighted by Crippen LogP contribution is 2.29. The molecule has 5 N–H and O–H groups in total. The van der Waals surface area contributed by atoms with Crippen LogP contribution in [-0.4, -0.2) is 82.2 Å². The summed E-state index contributed by atoms with van der Waals surface area (Å²) in [6.07, 6.45) is -2.26. The fraction of sp³-hybridized carbons (Fsp3) is 0.619. The molecule has 1 atom stereocenters. The average Bonchev–Trinajstić information content (AvgIpc) is 2.76. The van der Waals surface area contributed by atoms with E-state index in [2.05, 4.69) is 4.90 Å². The molecule has 1 fully saturated rings. The van der Waals surface area contributed by atoms with Crippen LogP contribution in [0, 0.1) is 0 Å². The van der Waals surface area contributed by atoms with Gasteiger partial charge < -0.3 is 25.8 Å². The predicted octanol–water partition coefficient (Wildman–Crippen LogP) is 1.67. The van der Waals surface area contributed by atoms with Gasteiger partial charge in [-0.25, -0.2) is 0 Å². The maximum absolute atomic E-state index is 12.7. The Hall–Kier alpha value is -2.15. The van der Waals surface area contributed by atoms with E-state index >= 15 is 0 Å². The van der Waals surface area contributed by atoms with E-state index in [1.165, 1.54) is 12.1 Å². The number of benzene rings is 1. The van der Waals surface area contributed by atoms with E-state index in [9.17, 15) is 27.9 Å². The van der Waals surface area contributed by atoms with Crippen LogP contribution in [0.2, 0.25) is 6.32 Å². The number of carboxylic acids is 1. The van der Waals surface area contributed by atoms with Crippen LogP contribution in [0.15, 0.2) is 24.3 Å². The molecule has 8 nitrogen and oxygen atoms in total. The van der Waals surface area contributed by atoms with Crippen molar-refractivity contribution in [3.8, 4) is 0 Å². The highest BCUT2D eigenvalue weighted by atomic mass is 19.4. The van der Waals surface area contributed by atoms with Gasteiger partial charge in [0.2, 0.25) is 0 Å². The first-order valence-electron chi connectivity index (χ1n) is 11.0. The molecule has 184 valence electrons. The molecule has 0 aliphatic carbocycles. The van der Waals surface area contributed by atoms with E-state index in [1.54, 1.807) is 4.90 Å². The SMILES string of the molecule is NC(CCCCB(O)O)(CCCN1CCN(C(=O)c2ccc(C(F)(F)F)cc2)CC1)C(=O)O. The zero-order valence-corrected chi connectivity index (χ0v) is 18.4. The van der Waals surface area contributed by atoms with Crippen LogP contribution in [0.5, 0.6) is 0 Å². The van der Waals surface area contributed by atoms with Gasteiger partial charge in [0.15, 0.2) is 0 Å². The molecule has 1 aromatic rings. The zero-order chi connectivity index (χ0) is 24.6. The molecule has 12 heteroatoms. The summed E-state index contributed by atoms with van der Waals surface area (Å²) < 4.78 is 38.1. The standard InChI is InChI=1S/C21H31BF3N3O5/c23-21(24,25)17-6-4-16(5-7-17)18(29)28-14-12-27(13-15-28)11-3-9-20(26,19(30)31)8-1-2-10-22(32)33/h4-7,32-33H,1-3,8-15,26H2,(H,30,31). The molecule has 0 aromatic heterocycles. The molecule has 0 spiro atoms. The first-order chi connectivity index (χ1) is 15.4. The third-order valence-electron chi connectivity index (χ3n) is 5.98. The summed E-state index contributed by atoms with van der Waals surface area (Å²) in [5, 5.41) is 27.2. The number of rotatable bonds is 11. The molecule has 1 aliphatic heterocycles. The summed E-state index contributed by atoms with van der Waals surface area (Å²) in [4.78, 5) is 27.9. The molecule has 0 bridgehead atoms. The van der Waals surface area contributed by atoms with Crippen LogP contribution in [-0.2, 0) is 11.0 Å².